The summed E-state index contributed by atoms with van der Waals surface area (Å²) in [5.41, 5.74) is 1.41. The van der Waals surface area contributed by atoms with Crippen molar-refractivity contribution < 1.29 is 36.0 Å². The molecule has 128 valence electrons. The molecular formula is C15H11F2O6S-. The molecule has 0 N–H and O–H groups in total. The predicted octanol–water partition coefficient (Wildman–Crippen LogP) is 2.09. The minimum Gasteiger partial charge on any atom is -0.743 e. The summed E-state index contributed by atoms with van der Waals surface area (Å²) >= 11 is 0. The lowest BCUT2D eigenvalue weighted by atomic mass is 10.0. The third-order valence-electron chi connectivity index (χ3n) is 3.56. The van der Waals surface area contributed by atoms with E-state index in [0.717, 1.165) is 16.3 Å². The molecule has 9 heteroatoms. The zero-order valence-corrected chi connectivity index (χ0v) is 12.9. The first-order valence-corrected chi connectivity index (χ1v) is 8.24. The fourth-order valence-corrected chi connectivity index (χ4v) is 2.44. The number of hydrogen-bond donors (Lipinski definition) is 0. The Morgan fingerprint density at radius 3 is 2.50 bits per heavy atom. The van der Waals surface area contributed by atoms with Crippen LogP contribution in [0.25, 0.3) is 10.8 Å². The number of epoxide rings is 1. The second kappa shape index (κ2) is 5.76. The van der Waals surface area contributed by atoms with Crippen molar-refractivity contribution in [3.63, 3.8) is 0 Å². The van der Waals surface area contributed by atoms with Gasteiger partial charge in [-0.1, -0.05) is 24.3 Å². The van der Waals surface area contributed by atoms with E-state index in [0.29, 0.717) is 12.2 Å². The van der Waals surface area contributed by atoms with Crippen LogP contribution in [0.5, 0.6) is 0 Å². The number of carbonyl (C=O) groups excluding carboxylic acids is 1. The standard InChI is InChI=1S/C15H12F2O6S/c16-15(17,24(19,20)21)14(18)23-7-9-1-2-11-6-12(13-8-22-13)4-3-10(11)5-9/h1-6,13H,7-8H2,(H,19,20,21)/p-1. The number of esters is 1. The molecule has 1 aliphatic rings. The van der Waals surface area contributed by atoms with Gasteiger partial charge in [-0.2, -0.15) is 8.78 Å². The quantitative estimate of drug-likeness (QED) is 0.462. The molecule has 1 fully saturated rings. The number of halogens is 2. The van der Waals surface area contributed by atoms with Crippen LogP contribution in [0.3, 0.4) is 0 Å². The Bertz CT molecular complexity index is 905. The van der Waals surface area contributed by atoms with E-state index < -0.39 is 27.9 Å². The summed E-state index contributed by atoms with van der Waals surface area (Å²) in [5.74, 6) is -2.39. The van der Waals surface area contributed by atoms with Gasteiger partial charge in [-0.05, 0) is 34.0 Å². The van der Waals surface area contributed by atoms with E-state index in [4.69, 9.17) is 4.74 Å². The van der Waals surface area contributed by atoms with Crippen molar-refractivity contribution >= 4 is 26.9 Å². The minimum atomic E-state index is -6.12. The fraction of sp³-hybridized carbons (Fsp3) is 0.267. The molecule has 0 aliphatic carbocycles. The molecule has 24 heavy (non-hydrogen) atoms. The van der Waals surface area contributed by atoms with Crippen molar-refractivity contribution in [3.05, 3.63) is 47.5 Å². The molecule has 0 amide bonds. The monoisotopic (exact) mass is 357 g/mol. The number of rotatable bonds is 5. The van der Waals surface area contributed by atoms with Crippen molar-refractivity contribution in [2.45, 2.75) is 18.0 Å². The van der Waals surface area contributed by atoms with E-state index in [1.807, 2.05) is 18.2 Å². The maximum atomic E-state index is 13.0. The van der Waals surface area contributed by atoms with E-state index in [9.17, 15) is 26.5 Å². The summed E-state index contributed by atoms with van der Waals surface area (Å²) in [6.45, 7) is 0.101. The summed E-state index contributed by atoms with van der Waals surface area (Å²) in [7, 11) is -6.12. The molecule has 1 saturated heterocycles. The number of ether oxygens (including phenoxy) is 2. The Balaban J connectivity index is 1.74. The number of fused-ring (bicyclic) bond motifs is 1. The van der Waals surface area contributed by atoms with Gasteiger partial charge in [-0.25, -0.2) is 13.2 Å². The number of alkyl halides is 2. The highest BCUT2D eigenvalue weighted by Gasteiger charge is 2.48. The van der Waals surface area contributed by atoms with Crippen LogP contribution in [0, 0.1) is 0 Å². The summed E-state index contributed by atoms with van der Waals surface area (Å²) in [4.78, 5) is 11.1. The molecular weight excluding hydrogens is 346 g/mol. The minimum absolute atomic E-state index is 0.103. The molecule has 2 aromatic rings. The molecule has 1 heterocycles. The zero-order chi connectivity index (χ0) is 17.5. The van der Waals surface area contributed by atoms with Gasteiger partial charge in [0.1, 0.15) is 12.7 Å². The van der Waals surface area contributed by atoms with Crippen LogP contribution in [-0.2, 0) is 31.0 Å². The normalized spacial score (nSPS) is 17.7. The second-order valence-corrected chi connectivity index (χ2v) is 6.73. The average molecular weight is 357 g/mol. The van der Waals surface area contributed by atoms with Crippen molar-refractivity contribution in [1.29, 1.82) is 0 Å². The van der Waals surface area contributed by atoms with Crippen LogP contribution in [0.15, 0.2) is 36.4 Å². The highest BCUT2D eigenvalue weighted by Crippen LogP contribution is 2.32. The lowest BCUT2D eigenvalue weighted by Crippen LogP contribution is -2.38. The molecule has 0 spiro atoms. The highest BCUT2D eigenvalue weighted by molar-refractivity contribution is 7.87. The van der Waals surface area contributed by atoms with Gasteiger partial charge in [-0.3, -0.25) is 0 Å². The molecule has 2 aromatic carbocycles. The summed E-state index contributed by atoms with van der Waals surface area (Å²) in [5, 5.41) is -3.43. The average Bonchev–Trinajstić information content (AvgIpc) is 3.35. The van der Waals surface area contributed by atoms with E-state index in [2.05, 4.69) is 4.74 Å². The lowest BCUT2D eigenvalue weighted by Gasteiger charge is -2.18. The largest absolute Gasteiger partial charge is 0.743 e. The zero-order valence-electron chi connectivity index (χ0n) is 12.1. The predicted molar refractivity (Wildman–Crippen MR) is 77.1 cm³/mol. The van der Waals surface area contributed by atoms with Crippen LogP contribution >= 0.6 is 0 Å². The molecule has 0 aromatic heterocycles. The van der Waals surface area contributed by atoms with Gasteiger partial charge in [0.2, 0.25) is 0 Å². The highest BCUT2D eigenvalue weighted by atomic mass is 32.2. The Morgan fingerprint density at radius 1 is 1.25 bits per heavy atom. The van der Waals surface area contributed by atoms with Crippen molar-refractivity contribution in [3.8, 4) is 0 Å². The van der Waals surface area contributed by atoms with E-state index in [1.165, 1.54) is 0 Å². The molecule has 1 unspecified atom stereocenters. The van der Waals surface area contributed by atoms with E-state index >= 15 is 0 Å². The van der Waals surface area contributed by atoms with Gasteiger partial charge in [0.05, 0.1) is 6.61 Å². The van der Waals surface area contributed by atoms with Gasteiger partial charge < -0.3 is 14.0 Å². The SMILES string of the molecule is O=C(OCc1ccc2cc(C3CO3)ccc2c1)C(F)(F)S(=O)(=O)[O-]. The Labute approximate surface area is 135 Å². The summed E-state index contributed by atoms with van der Waals surface area (Å²) < 4.78 is 66.5. The van der Waals surface area contributed by atoms with Gasteiger partial charge in [0, 0.05) is 0 Å². The first-order chi connectivity index (χ1) is 11.2. The Hall–Kier alpha value is -2.10. The third kappa shape index (κ3) is 3.23. The molecule has 3 rings (SSSR count). The van der Waals surface area contributed by atoms with E-state index in [1.54, 1.807) is 18.2 Å². The van der Waals surface area contributed by atoms with E-state index in [-0.39, 0.29) is 6.10 Å². The second-order valence-electron chi connectivity index (χ2n) is 5.31. The topological polar surface area (TPSA) is 96.0 Å². The molecule has 1 aliphatic heterocycles. The molecule has 6 nitrogen and oxygen atoms in total. The maximum absolute atomic E-state index is 13.0. The smallest absolute Gasteiger partial charge is 0.428 e. The maximum Gasteiger partial charge on any atom is 0.428 e. The first-order valence-electron chi connectivity index (χ1n) is 6.83. The molecule has 0 saturated carbocycles. The lowest BCUT2D eigenvalue weighted by molar-refractivity contribution is -0.162. The summed E-state index contributed by atoms with van der Waals surface area (Å²) in [6.07, 6.45) is 0.103. The summed E-state index contributed by atoms with van der Waals surface area (Å²) in [6, 6.07) is 10.5. The number of hydrogen-bond acceptors (Lipinski definition) is 6. The van der Waals surface area contributed by atoms with Crippen molar-refractivity contribution in [2.75, 3.05) is 6.61 Å². The van der Waals surface area contributed by atoms with Crippen molar-refractivity contribution in [1.82, 2.24) is 0 Å². The van der Waals surface area contributed by atoms with Crippen LogP contribution in [0.2, 0.25) is 0 Å². The van der Waals surface area contributed by atoms with Crippen molar-refractivity contribution in [2.24, 2.45) is 0 Å². The first kappa shape index (κ1) is 16.7. The number of carbonyl (C=O) groups is 1. The van der Waals surface area contributed by atoms with Crippen LogP contribution < -0.4 is 0 Å². The Kier molecular flexibility index (Phi) is 4.02. The fourth-order valence-electron chi connectivity index (χ4n) is 2.18. The van der Waals surface area contributed by atoms with Gasteiger partial charge in [0.25, 0.3) is 0 Å². The van der Waals surface area contributed by atoms with Gasteiger partial charge in [0.15, 0.2) is 10.1 Å². The van der Waals surface area contributed by atoms with Gasteiger partial charge >= 0.3 is 11.2 Å². The molecule has 0 bridgehead atoms. The Morgan fingerprint density at radius 2 is 1.88 bits per heavy atom. The van der Waals surface area contributed by atoms with Gasteiger partial charge in [-0.15, -0.1) is 0 Å². The third-order valence-corrected chi connectivity index (χ3v) is 4.35. The van der Waals surface area contributed by atoms with Crippen LogP contribution in [0.1, 0.15) is 17.2 Å². The molecule has 1 atom stereocenters. The number of benzene rings is 2. The molecule has 0 radical (unpaired) electrons. The van der Waals surface area contributed by atoms with Crippen LogP contribution in [-0.4, -0.2) is 30.8 Å². The van der Waals surface area contributed by atoms with Crippen LogP contribution in [0.4, 0.5) is 8.78 Å².